The highest BCUT2D eigenvalue weighted by Crippen LogP contribution is 2.35. The number of aromatic amines is 1. The third kappa shape index (κ3) is 5.51. The van der Waals surface area contributed by atoms with E-state index in [-0.39, 0.29) is 42.0 Å². The Morgan fingerprint density at radius 1 is 0.636 bits per heavy atom. The van der Waals surface area contributed by atoms with Gasteiger partial charge >= 0.3 is 5.69 Å². The summed E-state index contributed by atoms with van der Waals surface area (Å²) >= 11 is 42.6. The van der Waals surface area contributed by atoms with Crippen molar-refractivity contribution in [2.24, 2.45) is 14.1 Å². The zero-order chi connectivity index (χ0) is 32.4. The van der Waals surface area contributed by atoms with Gasteiger partial charge in [0.25, 0.3) is 11.1 Å². The van der Waals surface area contributed by atoms with E-state index in [9.17, 15) is 14.4 Å². The molecule has 0 saturated carbocycles. The molecule has 0 fully saturated rings. The van der Waals surface area contributed by atoms with Gasteiger partial charge in [-0.1, -0.05) is 69.6 Å². The van der Waals surface area contributed by atoms with Crippen LogP contribution in [0, 0.1) is 13.8 Å². The maximum atomic E-state index is 12.5. The van der Waals surface area contributed by atoms with E-state index < -0.39 is 11.2 Å². The minimum atomic E-state index is -0.520. The molecule has 6 aromatic rings. The van der Waals surface area contributed by atoms with Crippen LogP contribution in [-0.2, 0) is 14.1 Å². The molecule has 0 aliphatic carbocycles. The second-order valence-electron chi connectivity index (χ2n) is 9.39. The highest BCUT2D eigenvalue weighted by molar-refractivity contribution is 6.41. The first-order valence-electron chi connectivity index (χ1n) is 12.2. The number of nitrogens with one attached hydrogen (secondary N) is 1. The highest BCUT2D eigenvalue weighted by Gasteiger charge is 2.22. The number of rotatable bonds is 2. The SMILES string of the molecule is Cc1nn(-c2c(Cl)cc(Cl)cc2Cl)c2c(=O)n(C)c(=O)[nH]c12.Cc1nn(-c2c(Cl)cc(Cl)cc2Cl)c2c(=O)n(C)c(Cl)nc12. The maximum Gasteiger partial charge on any atom is 0.328 e. The van der Waals surface area contributed by atoms with Gasteiger partial charge < -0.3 is 4.98 Å². The van der Waals surface area contributed by atoms with Crippen molar-refractivity contribution >= 4 is 103 Å². The second-order valence-corrected chi connectivity index (χ2v) is 12.2. The Morgan fingerprint density at radius 3 is 1.57 bits per heavy atom. The lowest BCUT2D eigenvalue weighted by Gasteiger charge is -2.09. The van der Waals surface area contributed by atoms with Gasteiger partial charge in [0.15, 0.2) is 11.0 Å². The first kappa shape index (κ1) is 32.4. The molecular formula is C26H17Cl7N8O3. The average molecular weight is 738 g/mol. The molecular weight excluding hydrogens is 721 g/mol. The van der Waals surface area contributed by atoms with E-state index in [1.165, 1.54) is 52.3 Å². The molecule has 6 rings (SSSR count). The molecule has 0 spiro atoms. The van der Waals surface area contributed by atoms with Crippen molar-refractivity contribution < 1.29 is 0 Å². The highest BCUT2D eigenvalue weighted by atomic mass is 35.5. The Bertz CT molecular complexity index is 2290. The van der Waals surface area contributed by atoms with E-state index in [0.717, 1.165) is 4.57 Å². The van der Waals surface area contributed by atoms with Crippen LogP contribution in [0.1, 0.15) is 11.4 Å². The molecule has 0 atom stereocenters. The lowest BCUT2D eigenvalue weighted by molar-refractivity contribution is 0.783. The lowest BCUT2D eigenvalue weighted by Crippen LogP contribution is -2.33. The smallest absolute Gasteiger partial charge is 0.304 e. The van der Waals surface area contributed by atoms with Gasteiger partial charge in [-0.25, -0.2) is 19.1 Å². The minimum absolute atomic E-state index is 0.0773. The third-order valence-corrected chi connectivity index (χ3v) is 8.43. The van der Waals surface area contributed by atoms with Crippen LogP contribution in [0.25, 0.3) is 33.4 Å². The Balaban J connectivity index is 0.000000175. The van der Waals surface area contributed by atoms with Gasteiger partial charge in [0, 0.05) is 24.1 Å². The molecule has 228 valence electrons. The summed E-state index contributed by atoms with van der Waals surface area (Å²) in [6.07, 6.45) is 0. The van der Waals surface area contributed by atoms with E-state index in [1.54, 1.807) is 13.8 Å². The van der Waals surface area contributed by atoms with Gasteiger partial charge in [0.2, 0.25) is 5.28 Å². The lowest BCUT2D eigenvalue weighted by atomic mass is 10.3. The average Bonchev–Trinajstić information content (AvgIpc) is 3.41. The van der Waals surface area contributed by atoms with E-state index in [1.807, 2.05) is 0 Å². The fourth-order valence-corrected chi connectivity index (χ4v) is 6.48. The van der Waals surface area contributed by atoms with Crippen LogP contribution in [0.5, 0.6) is 0 Å². The number of hydrogen-bond acceptors (Lipinski definition) is 6. The summed E-state index contributed by atoms with van der Waals surface area (Å²) in [6.45, 7) is 3.39. The van der Waals surface area contributed by atoms with Gasteiger partial charge in [0.1, 0.15) is 16.9 Å². The molecule has 18 heteroatoms. The van der Waals surface area contributed by atoms with Gasteiger partial charge in [-0.05, 0) is 49.7 Å². The predicted molar refractivity (Wildman–Crippen MR) is 176 cm³/mol. The number of H-pyrrole nitrogens is 1. The van der Waals surface area contributed by atoms with E-state index in [4.69, 9.17) is 81.2 Å². The molecule has 0 unspecified atom stereocenters. The van der Waals surface area contributed by atoms with Crippen LogP contribution in [0.15, 0.2) is 38.6 Å². The molecule has 0 bridgehead atoms. The molecule has 0 saturated heterocycles. The molecule has 0 amide bonds. The van der Waals surface area contributed by atoms with Crippen LogP contribution in [-0.4, -0.2) is 38.7 Å². The van der Waals surface area contributed by atoms with E-state index >= 15 is 0 Å². The van der Waals surface area contributed by atoms with Crippen molar-refractivity contribution in [1.29, 1.82) is 0 Å². The number of aryl methyl sites for hydroxylation is 2. The summed E-state index contributed by atoms with van der Waals surface area (Å²) in [6, 6.07) is 6.06. The third-order valence-electron chi connectivity index (χ3n) is 6.51. The Hall–Kier alpha value is -3.03. The van der Waals surface area contributed by atoms with Crippen molar-refractivity contribution in [3.63, 3.8) is 0 Å². The fourth-order valence-electron chi connectivity index (χ4n) is 4.37. The molecule has 2 aromatic carbocycles. The fraction of sp³-hybridized carbons (Fsp3) is 0.154. The number of aromatic nitrogens is 8. The van der Waals surface area contributed by atoms with Gasteiger partial charge in [0.05, 0.1) is 37.0 Å². The second kappa shape index (κ2) is 12.1. The predicted octanol–water partition coefficient (Wildman–Crippen LogP) is 6.72. The van der Waals surface area contributed by atoms with Gasteiger partial charge in [-0.3, -0.25) is 18.7 Å². The molecule has 4 heterocycles. The largest absolute Gasteiger partial charge is 0.328 e. The van der Waals surface area contributed by atoms with E-state index in [2.05, 4.69) is 20.2 Å². The van der Waals surface area contributed by atoms with E-state index in [0.29, 0.717) is 43.8 Å². The van der Waals surface area contributed by atoms with Crippen molar-refractivity contribution in [2.45, 2.75) is 13.8 Å². The van der Waals surface area contributed by atoms with Crippen molar-refractivity contribution in [1.82, 2.24) is 38.7 Å². The molecule has 1 N–H and O–H groups in total. The number of hydrogen-bond donors (Lipinski definition) is 1. The summed E-state index contributed by atoms with van der Waals surface area (Å²) in [5, 5.41) is 10.5. The number of halogens is 7. The maximum absolute atomic E-state index is 12.5. The standard InChI is InChI=1S/C13H8Cl4N4O.C13H9Cl3N4O2/c1-5-9-11(12(22)20(2)13(17)18-9)21(19-5)10-7(15)3-6(14)4-8(10)16;1-5-9-11(12(21)19(2)13(22)17-9)20(18-5)10-7(15)3-6(14)4-8(10)16/h3-4H,1-2H3;3-4H,1-2H3,(H,17,22). The molecule has 44 heavy (non-hydrogen) atoms. The Kier molecular flexibility index (Phi) is 8.87. The molecule has 11 nitrogen and oxygen atoms in total. The number of nitrogens with zero attached hydrogens (tertiary/aromatic N) is 7. The monoisotopic (exact) mass is 734 g/mol. The molecule has 0 radical (unpaired) electrons. The topological polar surface area (TPSA) is 125 Å². The summed E-state index contributed by atoms with van der Waals surface area (Å²) in [7, 11) is 2.90. The Morgan fingerprint density at radius 2 is 1.07 bits per heavy atom. The van der Waals surface area contributed by atoms with Gasteiger partial charge in [-0.15, -0.1) is 0 Å². The summed E-state index contributed by atoms with van der Waals surface area (Å²) in [4.78, 5) is 43.5. The summed E-state index contributed by atoms with van der Waals surface area (Å²) < 4.78 is 4.87. The van der Waals surface area contributed by atoms with Crippen molar-refractivity contribution in [3.8, 4) is 11.4 Å². The molecule has 0 aliphatic heterocycles. The Labute approximate surface area is 282 Å². The van der Waals surface area contributed by atoms with Gasteiger partial charge in [-0.2, -0.15) is 10.2 Å². The van der Waals surface area contributed by atoms with Crippen LogP contribution in [0.2, 0.25) is 35.4 Å². The normalized spacial score (nSPS) is 11.3. The number of benzene rings is 2. The van der Waals surface area contributed by atoms with Crippen LogP contribution < -0.4 is 16.8 Å². The van der Waals surface area contributed by atoms with Crippen LogP contribution >= 0.6 is 81.2 Å². The number of fused-ring (bicyclic) bond motifs is 2. The molecule has 4 aromatic heterocycles. The summed E-state index contributed by atoms with van der Waals surface area (Å²) in [5.41, 5.74) is 1.52. The summed E-state index contributed by atoms with van der Waals surface area (Å²) in [5.74, 6) is 0. The van der Waals surface area contributed by atoms with Crippen LogP contribution in [0.4, 0.5) is 0 Å². The van der Waals surface area contributed by atoms with Crippen molar-refractivity contribution in [2.75, 3.05) is 0 Å². The van der Waals surface area contributed by atoms with Crippen LogP contribution in [0.3, 0.4) is 0 Å². The first-order valence-corrected chi connectivity index (χ1v) is 14.9. The van der Waals surface area contributed by atoms with Crippen molar-refractivity contribution in [3.05, 3.63) is 102 Å². The molecule has 0 aliphatic rings. The quantitative estimate of drug-likeness (QED) is 0.197. The zero-order valence-corrected chi connectivity index (χ0v) is 28.1. The zero-order valence-electron chi connectivity index (χ0n) is 22.8. The minimum Gasteiger partial charge on any atom is -0.304 e. The first-order chi connectivity index (χ1) is 20.6.